The van der Waals surface area contributed by atoms with Crippen LogP contribution in [-0.4, -0.2) is 31.4 Å². The van der Waals surface area contributed by atoms with Gasteiger partial charge in [0.25, 0.3) is 5.91 Å². The number of ketones is 1. The number of esters is 1. The second-order valence-electron chi connectivity index (χ2n) is 6.16. The number of fused-ring (bicyclic) bond motifs is 1. The lowest BCUT2D eigenvalue weighted by Crippen LogP contribution is -2.21. The molecule has 0 heterocycles. The maximum absolute atomic E-state index is 12.4. The van der Waals surface area contributed by atoms with E-state index in [9.17, 15) is 14.4 Å². The van der Waals surface area contributed by atoms with Crippen molar-refractivity contribution in [1.82, 2.24) is 0 Å². The lowest BCUT2D eigenvalue weighted by molar-refractivity contribution is -0.119. The number of Topliss-reactive ketones (excluding diaryl/α,β-unsaturated/α-hetero) is 1. The third-order valence-electron chi connectivity index (χ3n) is 4.20. The molecule has 0 aliphatic heterocycles. The van der Waals surface area contributed by atoms with E-state index in [0.717, 1.165) is 10.8 Å². The molecule has 1 amide bonds. The number of ether oxygens (including phenoxy) is 2. The van der Waals surface area contributed by atoms with Crippen LogP contribution in [0.5, 0.6) is 5.75 Å². The molecule has 0 bridgehead atoms. The highest BCUT2D eigenvalue weighted by Crippen LogP contribution is 2.26. The van der Waals surface area contributed by atoms with Crippen LogP contribution < -0.4 is 10.1 Å². The van der Waals surface area contributed by atoms with E-state index >= 15 is 0 Å². The zero-order chi connectivity index (χ0) is 20.1. The monoisotopic (exact) mass is 377 g/mol. The summed E-state index contributed by atoms with van der Waals surface area (Å²) in [4.78, 5) is 35.7. The van der Waals surface area contributed by atoms with Gasteiger partial charge in [-0.05, 0) is 54.1 Å². The fourth-order valence-corrected chi connectivity index (χ4v) is 2.74. The SMILES string of the molecule is COc1cc2ccccc2cc1C(=O)OCC(=O)Nc1ccc(C(C)=O)cc1. The van der Waals surface area contributed by atoms with Crippen molar-refractivity contribution >= 4 is 34.1 Å². The molecule has 0 aliphatic carbocycles. The van der Waals surface area contributed by atoms with Gasteiger partial charge in [0.1, 0.15) is 11.3 Å². The summed E-state index contributed by atoms with van der Waals surface area (Å²) in [5, 5.41) is 4.41. The Morgan fingerprint density at radius 1 is 0.929 bits per heavy atom. The average Bonchev–Trinajstić information content (AvgIpc) is 2.71. The Kier molecular flexibility index (Phi) is 5.69. The number of nitrogens with one attached hydrogen (secondary N) is 1. The van der Waals surface area contributed by atoms with E-state index in [0.29, 0.717) is 17.0 Å². The molecule has 142 valence electrons. The summed E-state index contributed by atoms with van der Waals surface area (Å²) in [6.07, 6.45) is 0. The highest BCUT2D eigenvalue weighted by molar-refractivity contribution is 6.00. The Hall–Kier alpha value is -3.67. The summed E-state index contributed by atoms with van der Waals surface area (Å²) in [7, 11) is 1.47. The van der Waals surface area contributed by atoms with E-state index in [-0.39, 0.29) is 11.3 Å². The lowest BCUT2D eigenvalue weighted by atomic mass is 10.1. The normalized spacial score (nSPS) is 10.4. The molecule has 0 radical (unpaired) electrons. The first-order valence-electron chi connectivity index (χ1n) is 8.62. The second kappa shape index (κ2) is 8.35. The van der Waals surface area contributed by atoms with E-state index in [1.807, 2.05) is 24.3 Å². The van der Waals surface area contributed by atoms with E-state index in [1.54, 1.807) is 36.4 Å². The molecule has 3 aromatic carbocycles. The molecule has 0 aromatic heterocycles. The first kappa shape index (κ1) is 19.1. The molecule has 6 heteroatoms. The van der Waals surface area contributed by atoms with Gasteiger partial charge < -0.3 is 14.8 Å². The minimum Gasteiger partial charge on any atom is -0.496 e. The van der Waals surface area contributed by atoms with Gasteiger partial charge in [0.05, 0.1) is 7.11 Å². The number of anilines is 1. The van der Waals surface area contributed by atoms with Crippen LogP contribution in [0.25, 0.3) is 10.8 Å². The molecule has 1 N–H and O–H groups in total. The maximum Gasteiger partial charge on any atom is 0.342 e. The van der Waals surface area contributed by atoms with Gasteiger partial charge in [-0.15, -0.1) is 0 Å². The molecule has 0 atom stereocenters. The number of amides is 1. The van der Waals surface area contributed by atoms with Gasteiger partial charge >= 0.3 is 5.97 Å². The molecule has 28 heavy (non-hydrogen) atoms. The van der Waals surface area contributed by atoms with E-state index < -0.39 is 18.5 Å². The van der Waals surface area contributed by atoms with Crippen molar-refractivity contribution < 1.29 is 23.9 Å². The average molecular weight is 377 g/mol. The fourth-order valence-electron chi connectivity index (χ4n) is 2.74. The number of methoxy groups -OCH3 is 1. The Morgan fingerprint density at radius 2 is 1.57 bits per heavy atom. The van der Waals surface area contributed by atoms with Gasteiger partial charge in [0.2, 0.25) is 0 Å². The van der Waals surface area contributed by atoms with Crippen molar-refractivity contribution in [3.63, 3.8) is 0 Å². The van der Waals surface area contributed by atoms with E-state index in [1.165, 1.54) is 14.0 Å². The first-order chi connectivity index (χ1) is 13.5. The third-order valence-corrected chi connectivity index (χ3v) is 4.20. The third kappa shape index (κ3) is 4.35. The molecule has 3 rings (SSSR count). The van der Waals surface area contributed by atoms with Crippen LogP contribution in [0.1, 0.15) is 27.6 Å². The topological polar surface area (TPSA) is 81.7 Å². The molecule has 0 saturated heterocycles. The molecule has 0 fully saturated rings. The Morgan fingerprint density at radius 3 is 2.18 bits per heavy atom. The van der Waals surface area contributed by atoms with Gasteiger partial charge in [0.15, 0.2) is 12.4 Å². The van der Waals surface area contributed by atoms with Crippen LogP contribution in [0.3, 0.4) is 0 Å². The number of carbonyl (C=O) groups excluding carboxylic acids is 3. The summed E-state index contributed by atoms with van der Waals surface area (Å²) in [5.74, 6) is -0.812. The summed E-state index contributed by atoms with van der Waals surface area (Å²) >= 11 is 0. The van der Waals surface area contributed by atoms with Gasteiger partial charge in [0, 0.05) is 11.3 Å². The highest BCUT2D eigenvalue weighted by atomic mass is 16.5. The highest BCUT2D eigenvalue weighted by Gasteiger charge is 2.16. The number of rotatable bonds is 6. The van der Waals surface area contributed by atoms with Crippen LogP contribution in [-0.2, 0) is 9.53 Å². The van der Waals surface area contributed by atoms with E-state index in [4.69, 9.17) is 9.47 Å². The summed E-state index contributed by atoms with van der Waals surface area (Å²) in [5.41, 5.74) is 1.31. The number of carbonyl (C=O) groups is 3. The smallest absolute Gasteiger partial charge is 0.342 e. The molecule has 0 unspecified atom stereocenters. The Labute approximate surface area is 162 Å². The molecule has 0 aliphatic rings. The van der Waals surface area contributed by atoms with Gasteiger partial charge in [-0.1, -0.05) is 24.3 Å². The standard InChI is InChI=1S/C22H19NO5/c1-14(24)15-7-9-18(10-8-15)23-21(25)13-28-22(26)19-11-16-5-3-4-6-17(16)12-20(19)27-2/h3-12H,13H2,1-2H3,(H,23,25). The summed E-state index contributed by atoms with van der Waals surface area (Å²) in [6.45, 7) is 1.03. The lowest BCUT2D eigenvalue weighted by Gasteiger charge is -2.11. The molecule has 0 saturated carbocycles. The van der Waals surface area contributed by atoms with E-state index in [2.05, 4.69) is 5.32 Å². The van der Waals surface area contributed by atoms with Crippen LogP contribution >= 0.6 is 0 Å². The maximum atomic E-state index is 12.4. The summed E-state index contributed by atoms with van der Waals surface area (Å²) < 4.78 is 10.4. The van der Waals surface area contributed by atoms with Crippen LogP contribution in [0.2, 0.25) is 0 Å². The van der Waals surface area contributed by atoms with Crippen LogP contribution in [0.15, 0.2) is 60.7 Å². The van der Waals surface area contributed by atoms with Crippen LogP contribution in [0, 0.1) is 0 Å². The molecule has 3 aromatic rings. The van der Waals surface area contributed by atoms with Crippen molar-refractivity contribution in [2.45, 2.75) is 6.92 Å². The fraction of sp³-hybridized carbons (Fsp3) is 0.136. The Bertz CT molecular complexity index is 1040. The van der Waals surface area contributed by atoms with Crippen molar-refractivity contribution in [2.75, 3.05) is 19.0 Å². The number of benzene rings is 3. The second-order valence-corrected chi connectivity index (χ2v) is 6.16. The molecular formula is C22H19NO5. The predicted molar refractivity (Wildman–Crippen MR) is 106 cm³/mol. The van der Waals surface area contributed by atoms with Crippen molar-refractivity contribution in [3.05, 3.63) is 71.8 Å². The number of hydrogen-bond donors (Lipinski definition) is 1. The van der Waals surface area contributed by atoms with Gasteiger partial charge in [-0.25, -0.2) is 4.79 Å². The predicted octanol–water partition coefficient (Wildman–Crippen LogP) is 3.85. The largest absolute Gasteiger partial charge is 0.496 e. The summed E-state index contributed by atoms with van der Waals surface area (Å²) in [6, 6.07) is 17.4. The molecule has 0 spiro atoms. The van der Waals surface area contributed by atoms with Crippen LogP contribution in [0.4, 0.5) is 5.69 Å². The molecular weight excluding hydrogens is 358 g/mol. The van der Waals surface area contributed by atoms with Gasteiger partial charge in [-0.3, -0.25) is 9.59 Å². The van der Waals surface area contributed by atoms with Crippen molar-refractivity contribution in [3.8, 4) is 5.75 Å². The minimum absolute atomic E-state index is 0.0591. The van der Waals surface area contributed by atoms with Gasteiger partial charge in [-0.2, -0.15) is 0 Å². The van der Waals surface area contributed by atoms with Crippen molar-refractivity contribution in [1.29, 1.82) is 0 Å². The minimum atomic E-state index is -0.648. The molecule has 6 nitrogen and oxygen atoms in total. The quantitative estimate of drug-likeness (QED) is 0.521. The van der Waals surface area contributed by atoms with Crippen molar-refractivity contribution in [2.24, 2.45) is 0 Å². The first-order valence-corrected chi connectivity index (χ1v) is 8.62. The zero-order valence-electron chi connectivity index (χ0n) is 15.5. The number of hydrogen-bond acceptors (Lipinski definition) is 5. The Balaban J connectivity index is 1.65. The zero-order valence-corrected chi connectivity index (χ0v) is 15.5.